The van der Waals surface area contributed by atoms with Crippen LogP contribution in [0.15, 0.2) is 42.6 Å². The maximum Gasteiger partial charge on any atom is 0.223 e. The standard InChI is InChI=1S/C25H37ClN2O2/c1-20(17-25(2,3)4)16-24(29)28(14-9-15-30-5)19-22-11-8-13-27(22)18-21-10-6-7-12-23(21)26/h6-8,10-13,20H,9,14-19H2,1-5H3/t20-/m1/s1. The number of ether oxygens (including phenoxy) is 1. The quantitative estimate of drug-likeness (QED) is 0.407. The molecule has 0 unspecified atom stereocenters. The molecule has 1 atom stereocenters. The lowest BCUT2D eigenvalue weighted by Gasteiger charge is -2.27. The van der Waals surface area contributed by atoms with E-state index < -0.39 is 0 Å². The molecule has 0 aliphatic rings. The summed E-state index contributed by atoms with van der Waals surface area (Å²) in [6.45, 7) is 11.5. The Hall–Kier alpha value is -1.78. The van der Waals surface area contributed by atoms with Gasteiger partial charge in [-0.25, -0.2) is 0 Å². The molecular formula is C25H37ClN2O2. The molecule has 166 valence electrons. The van der Waals surface area contributed by atoms with Crippen molar-refractivity contribution in [3.63, 3.8) is 0 Å². The molecule has 2 rings (SSSR count). The van der Waals surface area contributed by atoms with Crippen molar-refractivity contribution in [1.82, 2.24) is 9.47 Å². The molecule has 4 nitrogen and oxygen atoms in total. The number of benzene rings is 1. The lowest BCUT2D eigenvalue weighted by Crippen LogP contribution is -2.34. The van der Waals surface area contributed by atoms with E-state index in [1.165, 1.54) is 0 Å². The minimum absolute atomic E-state index is 0.216. The third-order valence-corrected chi connectivity index (χ3v) is 5.56. The fourth-order valence-electron chi connectivity index (χ4n) is 3.99. The van der Waals surface area contributed by atoms with Crippen LogP contribution in [0.2, 0.25) is 5.02 Å². The zero-order chi connectivity index (χ0) is 22.1. The third-order valence-electron chi connectivity index (χ3n) is 5.19. The Morgan fingerprint density at radius 2 is 1.93 bits per heavy atom. The van der Waals surface area contributed by atoms with Crippen LogP contribution >= 0.6 is 11.6 Å². The Bertz CT molecular complexity index is 794. The number of methoxy groups -OCH3 is 1. The van der Waals surface area contributed by atoms with Gasteiger partial charge < -0.3 is 14.2 Å². The smallest absolute Gasteiger partial charge is 0.223 e. The lowest BCUT2D eigenvalue weighted by molar-refractivity contribution is -0.133. The number of amides is 1. The van der Waals surface area contributed by atoms with E-state index in [1.54, 1.807) is 7.11 Å². The van der Waals surface area contributed by atoms with E-state index in [-0.39, 0.29) is 11.3 Å². The van der Waals surface area contributed by atoms with Gasteiger partial charge in [0.25, 0.3) is 0 Å². The summed E-state index contributed by atoms with van der Waals surface area (Å²) in [5.74, 6) is 0.575. The average Bonchev–Trinajstić information content (AvgIpc) is 3.08. The number of rotatable bonds is 11. The van der Waals surface area contributed by atoms with E-state index in [2.05, 4.69) is 44.5 Å². The van der Waals surface area contributed by atoms with E-state index in [9.17, 15) is 4.79 Å². The summed E-state index contributed by atoms with van der Waals surface area (Å²) in [6, 6.07) is 12.0. The molecule has 5 heteroatoms. The summed E-state index contributed by atoms with van der Waals surface area (Å²) < 4.78 is 7.39. The molecular weight excluding hydrogens is 396 g/mol. The number of carbonyl (C=O) groups excluding carboxylic acids is 1. The fraction of sp³-hybridized carbons (Fsp3) is 0.560. The van der Waals surface area contributed by atoms with E-state index in [4.69, 9.17) is 16.3 Å². The molecule has 1 heterocycles. The van der Waals surface area contributed by atoms with E-state index in [1.807, 2.05) is 35.2 Å². The van der Waals surface area contributed by atoms with Crippen molar-refractivity contribution in [3.05, 3.63) is 58.9 Å². The molecule has 0 N–H and O–H groups in total. The first-order valence-corrected chi connectivity index (χ1v) is 11.2. The van der Waals surface area contributed by atoms with Gasteiger partial charge in [0.05, 0.1) is 6.54 Å². The summed E-state index contributed by atoms with van der Waals surface area (Å²) in [7, 11) is 1.70. The second kappa shape index (κ2) is 11.6. The highest BCUT2D eigenvalue weighted by molar-refractivity contribution is 6.31. The molecule has 2 aromatic rings. The summed E-state index contributed by atoms with van der Waals surface area (Å²) in [5.41, 5.74) is 2.42. The van der Waals surface area contributed by atoms with Crippen molar-refractivity contribution in [2.45, 2.75) is 60.0 Å². The number of aromatic nitrogens is 1. The topological polar surface area (TPSA) is 34.5 Å². The van der Waals surface area contributed by atoms with Gasteiger partial charge in [-0.15, -0.1) is 0 Å². The molecule has 0 aliphatic heterocycles. The molecule has 0 fully saturated rings. The largest absolute Gasteiger partial charge is 0.385 e. The van der Waals surface area contributed by atoms with Crippen molar-refractivity contribution < 1.29 is 9.53 Å². The normalized spacial score (nSPS) is 12.7. The van der Waals surface area contributed by atoms with Gasteiger partial charge in [0.1, 0.15) is 0 Å². The predicted octanol–water partition coefficient (Wildman–Crippen LogP) is 6.02. The highest BCUT2D eigenvalue weighted by atomic mass is 35.5. The maximum absolute atomic E-state index is 13.1. The highest BCUT2D eigenvalue weighted by Crippen LogP contribution is 2.26. The number of carbonyl (C=O) groups is 1. The SMILES string of the molecule is COCCCN(Cc1cccn1Cc1ccccc1Cl)C(=O)C[C@@H](C)CC(C)(C)C. The summed E-state index contributed by atoms with van der Waals surface area (Å²) in [5, 5.41) is 0.765. The molecule has 0 bridgehead atoms. The first kappa shape index (κ1) is 24.5. The van der Waals surface area contributed by atoms with Gasteiger partial charge >= 0.3 is 0 Å². The first-order valence-electron chi connectivity index (χ1n) is 10.8. The van der Waals surface area contributed by atoms with Gasteiger partial charge in [-0.1, -0.05) is 57.5 Å². The van der Waals surface area contributed by atoms with Crippen molar-refractivity contribution in [1.29, 1.82) is 0 Å². The van der Waals surface area contributed by atoms with Gasteiger partial charge in [0.15, 0.2) is 0 Å². The van der Waals surface area contributed by atoms with Crippen molar-refractivity contribution in [3.8, 4) is 0 Å². The van der Waals surface area contributed by atoms with Crippen LogP contribution in [0.1, 0.15) is 58.2 Å². The number of nitrogens with zero attached hydrogens (tertiary/aromatic N) is 2. The van der Waals surface area contributed by atoms with Gasteiger partial charge in [0.2, 0.25) is 5.91 Å². The zero-order valence-electron chi connectivity index (χ0n) is 19.2. The molecule has 1 amide bonds. The first-order chi connectivity index (χ1) is 14.2. The molecule has 1 aromatic heterocycles. The van der Waals surface area contributed by atoms with Crippen LogP contribution in [0.25, 0.3) is 0 Å². The number of hydrogen-bond donors (Lipinski definition) is 0. The molecule has 0 saturated heterocycles. The van der Waals surface area contributed by atoms with Crippen molar-refractivity contribution in [2.24, 2.45) is 11.3 Å². The summed E-state index contributed by atoms with van der Waals surface area (Å²) >= 11 is 6.35. The summed E-state index contributed by atoms with van der Waals surface area (Å²) in [4.78, 5) is 15.1. The van der Waals surface area contributed by atoms with Crippen molar-refractivity contribution >= 4 is 17.5 Å². The molecule has 0 radical (unpaired) electrons. The van der Waals surface area contributed by atoms with E-state index >= 15 is 0 Å². The molecule has 0 spiro atoms. The zero-order valence-corrected chi connectivity index (χ0v) is 19.9. The van der Waals surface area contributed by atoms with Crippen LogP contribution in [0.3, 0.4) is 0 Å². The van der Waals surface area contributed by atoms with Crippen LogP contribution in [0, 0.1) is 11.3 Å². The van der Waals surface area contributed by atoms with Gasteiger partial charge in [0, 0.05) is 50.1 Å². The highest BCUT2D eigenvalue weighted by Gasteiger charge is 2.22. The molecule has 1 aromatic carbocycles. The van der Waals surface area contributed by atoms with Gasteiger partial charge in [-0.2, -0.15) is 0 Å². The monoisotopic (exact) mass is 432 g/mol. The van der Waals surface area contributed by atoms with E-state index in [0.717, 1.165) is 29.1 Å². The van der Waals surface area contributed by atoms with Crippen LogP contribution in [0.5, 0.6) is 0 Å². The van der Waals surface area contributed by atoms with Crippen LogP contribution < -0.4 is 0 Å². The van der Waals surface area contributed by atoms with E-state index in [0.29, 0.717) is 38.6 Å². The molecule has 30 heavy (non-hydrogen) atoms. The minimum atomic E-state index is 0.216. The number of hydrogen-bond acceptors (Lipinski definition) is 2. The third kappa shape index (κ3) is 8.16. The Morgan fingerprint density at radius 1 is 1.20 bits per heavy atom. The van der Waals surface area contributed by atoms with Crippen LogP contribution in [-0.2, 0) is 22.6 Å². The maximum atomic E-state index is 13.1. The predicted molar refractivity (Wildman–Crippen MR) is 125 cm³/mol. The molecule has 0 aliphatic carbocycles. The fourth-order valence-corrected chi connectivity index (χ4v) is 4.18. The minimum Gasteiger partial charge on any atom is -0.385 e. The van der Waals surface area contributed by atoms with Gasteiger partial charge in [-0.05, 0) is 47.9 Å². The average molecular weight is 433 g/mol. The Labute approximate surface area is 187 Å². The van der Waals surface area contributed by atoms with Crippen LogP contribution in [-0.4, -0.2) is 35.6 Å². The summed E-state index contributed by atoms with van der Waals surface area (Å²) in [6.07, 6.45) is 4.50. The second-order valence-corrected chi connectivity index (χ2v) is 9.86. The Kier molecular flexibility index (Phi) is 9.44. The second-order valence-electron chi connectivity index (χ2n) is 9.45. The van der Waals surface area contributed by atoms with Crippen molar-refractivity contribution in [2.75, 3.05) is 20.3 Å². The Balaban J connectivity index is 2.10. The van der Waals surface area contributed by atoms with Gasteiger partial charge in [-0.3, -0.25) is 4.79 Å². The Morgan fingerprint density at radius 3 is 2.60 bits per heavy atom. The van der Waals surface area contributed by atoms with Crippen LogP contribution in [0.4, 0.5) is 0 Å². The number of halogens is 1. The lowest BCUT2D eigenvalue weighted by atomic mass is 9.84. The molecule has 0 saturated carbocycles.